The smallest absolute Gasteiger partial charge is 0.328 e. The van der Waals surface area contributed by atoms with Crippen molar-refractivity contribution in [3.63, 3.8) is 0 Å². The predicted octanol–water partition coefficient (Wildman–Crippen LogP) is 0.624. The molecule has 5 heteroatoms. The number of hydrogen-bond acceptors (Lipinski definition) is 5. The highest BCUT2D eigenvalue weighted by Crippen LogP contribution is 2.18. The average molecular weight is 186 g/mol. The average Bonchev–Trinajstić information content (AvgIpc) is 2.49. The van der Waals surface area contributed by atoms with Crippen molar-refractivity contribution in [2.24, 2.45) is 5.73 Å². The molecule has 66 valence electrons. The lowest BCUT2D eigenvalue weighted by molar-refractivity contribution is -0.142. The van der Waals surface area contributed by atoms with E-state index in [0.717, 1.165) is 9.88 Å². The number of hydrogen-bond donors (Lipinski definition) is 1. The van der Waals surface area contributed by atoms with Gasteiger partial charge in [0, 0.05) is 6.20 Å². The molecule has 1 aromatic heterocycles. The number of thiazole rings is 1. The van der Waals surface area contributed by atoms with Crippen molar-refractivity contribution < 1.29 is 9.53 Å². The number of methoxy groups -OCH3 is 1. The Hall–Kier alpha value is -0.940. The Balaban J connectivity index is 2.77. The third kappa shape index (κ3) is 1.80. The fourth-order valence-electron chi connectivity index (χ4n) is 0.765. The molecule has 1 atom stereocenters. The summed E-state index contributed by atoms with van der Waals surface area (Å²) < 4.78 is 4.49. The van der Waals surface area contributed by atoms with E-state index in [4.69, 9.17) is 5.73 Å². The van der Waals surface area contributed by atoms with E-state index in [2.05, 4.69) is 9.72 Å². The molecule has 0 saturated carbocycles. The van der Waals surface area contributed by atoms with Crippen LogP contribution in [0.1, 0.15) is 15.9 Å². The number of aromatic nitrogens is 1. The molecule has 0 aliphatic carbocycles. The minimum absolute atomic E-state index is 0.432. The summed E-state index contributed by atoms with van der Waals surface area (Å²) >= 11 is 1.40. The number of esters is 1. The first-order chi connectivity index (χ1) is 5.65. The topological polar surface area (TPSA) is 65.2 Å². The Morgan fingerprint density at radius 2 is 2.50 bits per heavy atom. The van der Waals surface area contributed by atoms with E-state index in [-0.39, 0.29) is 0 Å². The van der Waals surface area contributed by atoms with Crippen LogP contribution in [0.15, 0.2) is 6.20 Å². The maximum absolute atomic E-state index is 11.0. The van der Waals surface area contributed by atoms with Gasteiger partial charge < -0.3 is 10.5 Å². The standard InChI is InChI=1S/C7H10N2O2S/c1-4-9-3-5(12-4)6(8)7(10)11-2/h3,6H,8H2,1-2H3. The fraction of sp³-hybridized carbons (Fsp3) is 0.429. The third-order valence-corrected chi connectivity index (χ3v) is 2.40. The van der Waals surface area contributed by atoms with Crippen molar-refractivity contribution in [1.29, 1.82) is 0 Å². The molecule has 1 heterocycles. The van der Waals surface area contributed by atoms with Crippen LogP contribution < -0.4 is 5.73 Å². The number of carbonyl (C=O) groups is 1. The van der Waals surface area contributed by atoms with Crippen LogP contribution >= 0.6 is 11.3 Å². The van der Waals surface area contributed by atoms with Crippen LogP contribution in [0.3, 0.4) is 0 Å². The summed E-state index contributed by atoms with van der Waals surface area (Å²) in [5.74, 6) is -0.432. The molecule has 1 unspecified atom stereocenters. The minimum atomic E-state index is -0.693. The minimum Gasteiger partial charge on any atom is -0.468 e. The summed E-state index contributed by atoms with van der Waals surface area (Å²) in [4.78, 5) is 15.7. The lowest BCUT2D eigenvalue weighted by atomic mass is 10.3. The molecule has 0 aliphatic rings. The Morgan fingerprint density at radius 1 is 1.83 bits per heavy atom. The normalized spacial score (nSPS) is 12.6. The molecule has 2 N–H and O–H groups in total. The number of nitrogens with two attached hydrogens (primary N) is 1. The second kappa shape index (κ2) is 3.64. The van der Waals surface area contributed by atoms with E-state index < -0.39 is 12.0 Å². The quantitative estimate of drug-likeness (QED) is 0.688. The van der Waals surface area contributed by atoms with Gasteiger partial charge >= 0.3 is 5.97 Å². The monoisotopic (exact) mass is 186 g/mol. The molecule has 4 nitrogen and oxygen atoms in total. The van der Waals surface area contributed by atoms with Crippen molar-refractivity contribution in [2.45, 2.75) is 13.0 Å². The van der Waals surface area contributed by atoms with E-state index >= 15 is 0 Å². The predicted molar refractivity (Wildman–Crippen MR) is 45.8 cm³/mol. The van der Waals surface area contributed by atoms with Gasteiger partial charge in [-0.3, -0.25) is 0 Å². The van der Waals surface area contributed by atoms with Crippen LogP contribution in [0.5, 0.6) is 0 Å². The van der Waals surface area contributed by atoms with Crippen LogP contribution in [0.4, 0.5) is 0 Å². The maximum Gasteiger partial charge on any atom is 0.328 e. The summed E-state index contributed by atoms with van der Waals surface area (Å²) in [6.07, 6.45) is 1.60. The number of aryl methyl sites for hydroxylation is 1. The third-order valence-electron chi connectivity index (χ3n) is 1.40. The molecule has 0 spiro atoms. The molecule has 1 aromatic rings. The van der Waals surface area contributed by atoms with Gasteiger partial charge in [-0.05, 0) is 6.92 Å². The summed E-state index contributed by atoms with van der Waals surface area (Å²) in [5, 5.41) is 0.893. The Labute approximate surface area is 74.4 Å². The molecular weight excluding hydrogens is 176 g/mol. The van der Waals surface area contributed by atoms with Crippen molar-refractivity contribution >= 4 is 17.3 Å². The summed E-state index contributed by atoms with van der Waals surface area (Å²) in [7, 11) is 1.32. The van der Waals surface area contributed by atoms with Gasteiger partial charge in [0.1, 0.15) is 6.04 Å². The molecule has 0 saturated heterocycles. The zero-order chi connectivity index (χ0) is 9.14. The molecule has 0 radical (unpaired) electrons. The highest BCUT2D eigenvalue weighted by Gasteiger charge is 2.17. The summed E-state index contributed by atoms with van der Waals surface area (Å²) in [6, 6.07) is -0.693. The van der Waals surface area contributed by atoms with Gasteiger partial charge in [-0.1, -0.05) is 0 Å². The fourth-order valence-corrected chi connectivity index (χ4v) is 1.54. The second-order valence-electron chi connectivity index (χ2n) is 2.28. The number of ether oxygens (including phenoxy) is 1. The highest BCUT2D eigenvalue weighted by atomic mass is 32.1. The molecule has 1 rings (SSSR count). The summed E-state index contributed by atoms with van der Waals surface area (Å²) in [5.41, 5.74) is 5.56. The Morgan fingerprint density at radius 3 is 2.92 bits per heavy atom. The number of nitrogens with zero attached hydrogens (tertiary/aromatic N) is 1. The van der Waals surface area contributed by atoms with Crippen molar-refractivity contribution in [3.05, 3.63) is 16.1 Å². The van der Waals surface area contributed by atoms with Gasteiger partial charge in [-0.15, -0.1) is 11.3 Å². The summed E-state index contributed by atoms with van der Waals surface area (Å²) in [6.45, 7) is 1.86. The zero-order valence-electron chi connectivity index (χ0n) is 6.90. The molecule has 0 bridgehead atoms. The van der Waals surface area contributed by atoms with Crippen molar-refractivity contribution in [3.8, 4) is 0 Å². The lowest BCUT2D eigenvalue weighted by Gasteiger charge is -2.04. The van der Waals surface area contributed by atoms with Crippen molar-refractivity contribution in [1.82, 2.24) is 4.98 Å². The van der Waals surface area contributed by atoms with Gasteiger partial charge in [0.25, 0.3) is 0 Å². The Kier molecular flexibility index (Phi) is 2.78. The Bertz CT molecular complexity index is 285. The zero-order valence-corrected chi connectivity index (χ0v) is 7.72. The SMILES string of the molecule is COC(=O)C(N)c1cnc(C)s1. The molecular formula is C7H10N2O2S. The maximum atomic E-state index is 11.0. The van der Waals surface area contributed by atoms with Crippen LogP contribution in [0.2, 0.25) is 0 Å². The van der Waals surface area contributed by atoms with E-state index in [1.54, 1.807) is 6.20 Å². The highest BCUT2D eigenvalue weighted by molar-refractivity contribution is 7.11. The molecule has 0 amide bonds. The van der Waals surface area contributed by atoms with E-state index in [1.807, 2.05) is 6.92 Å². The molecule has 0 aromatic carbocycles. The largest absolute Gasteiger partial charge is 0.468 e. The van der Waals surface area contributed by atoms with E-state index in [0.29, 0.717) is 0 Å². The van der Waals surface area contributed by atoms with Crippen LogP contribution in [-0.4, -0.2) is 18.1 Å². The van der Waals surface area contributed by atoms with Crippen molar-refractivity contribution in [2.75, 3.05) is 7.11 Å². The van der Waals surface area contributed by atoms with Crippen LogP contribution in [-0.2, 0) is 9.53 Å². The van der Waals surface area contributed by atoms with Gasteiger partial charge in [-0.25, -0.2) is 9.78 Å². The van der Waals surface area contributed by atoms with Gasteiger partial charge in [0.2, 0.25) is 0 Å². The number of carbonyl (C=O) groups excluding carboxylic acids is 1. The molecule has 0 fully saturated rings. The molecule has 12 heavy (non-hydrogen) atoms. The van der Waals surface area contributed by atoms with Gasteiger partial charge in [0.05, 0.1) is 17.0 Å². The first-order valence-electron chi connectivity index (χ1n) is 3.41. The van der Waals surface area contributed by atoms with E-state index in [1.165, 1.54) is 18.4 Å². The number of rotatable bonds is 2. The second-order valence-corrected chi connectivity index (χ2v) is 3.55. The van der Waals surface area contributed by atoms with Crippen LogP contribution in [0, 0.1) is 6.92 Å². The first kappa shape index (κ1) is 9.15. The van der Waals surface area contributed by atoms with Gasteiger partial charge in [0.15, 0.2) is 0 Å². The molecule has 0 aliphatic heterocycles. The van der Waals surface area contributed by atoms with E-state index in [9.17, 15) is 4.79 Å². The first-order valence-corrected chi connectivity index (χ1v) is 4.22. The lowest BCUT2D eigenvalue weighted by Crippen LogP contribution is -2.21. The van der Waals surface area contributed by atoms with Crippen LogP contribution in [0.25, 0.3) is 0 Å². The van der Waals surface area contributed by atoms with Gasteiger partial charge in [-0.2, -0.15) is 0 Å².